The van der Waals surface area contributed by atoms with Crippen molar-refractivity contribution in [3.63, 3.8) is 0 Å². The molecule has 0 aromatic heterocycles. The van der Waals surface area contributed by atoms with Crippen molar-refractivity contribution in [2.75, 3.05) is 5.73 Å². The zero-order valence-corrected chi connectivity index (χ0v) is 7.31. The van der Waals surface area contributed by atoms with Crippen molar-refractivity contribution >= 4 is 5.69 Å². The molecule has 0 aliphatic heterocycles. The van der Waals surface area contributed by atoms with Gasteiger partial charge in [0.1, 0.15) is 6.07 Å². The first-order valence-electron chi connectivity index (χ1n) is 3.74. The van der Waals surface area contributed by atoms with Crippen LogP contribution in [0.2, 0.25) is 0 Å². The Labute approximate surface area is 78.8 Å². The maximum Gasteiger partial charge on any atom is 0.418 e. The quantitative estimate of drug-likeness (QED) is 0.654. The summed E-state index contributed by atoms with van der Waals surface area (Å²) < 4.78 is 37.4. The molecule has 0 radical (unpaired) electrons. The summed E-state index contributed by atoms with van der Waals surface area (Å²) in [7, 11) is 0. The van der Waals surface area contributed by atoms with Gasteiger partial charge in [0.05, 0.1) is 16.8 Å². The fourth-order valence-corrected chi connectivity index (χ4v) is 1.21. The SMILES string of the molecule is Cc1ccc(N)c(C#N)c1C(F)(F)F. The van der Waals surface area contributed by atoms with Gasteiger partial charge in [0.25, 0.3) is 0 Å². The summed E-state index contributed by atoms with van der Waals surface area (Å²) in [5.74, 6) is 0. The third-order valence-corrected chi connectivity index (χ3v) is 1.84. The van der Waals surface area contributed by atoms with Crippen LogP contribution < -0.4 is 5.73 Å². The van der Waals surface area contributed by atoms with Crippen molar-refractivity contribution in [1.82, 2.24) is 0 Å². The number of nitriles is 1. The molecular weight excluding hydrogens is 193 g/mol. The van der Waals surface area contributed by atoms with E-state index in [1.54, 1.807) is 0 Å². The topological polar surface area (TPSA) is 49.8 Å². The van der Waals surface area contributed by atoms with E-state index in [4.69, 9.17) is 11.0 Å². The largest absolute Gasteiger partial charge is 0.418 e. The molecule has 0 spiro atoms. The number of benzene rings is 1. The highest BCUT2D eigenvalue weighted by Crippen LogP contribution is 2.36. The molecule has 0 heterocycles. The summed E-state index contributed by atoms with van der Waals surface area (Å²) in [6.07, 6.45) is -4.54. The van der Waals surface area contributed by atoms with Crippen LogP contribution in [-0.4, -0.2) is 0 Å². The van der Waals surface area contributed by atoms with E-state index in [0.29, 0.717) is 0 Å². The predicted molar refractivity (Wildman–Crippen MR) is 45.3 cm³/mol. The van der Waals surface area contributed by atoms with Gasteiger partial charge in [-0.15, -0.1) is 0 Å². The lowest BCUT2D eigenvalue weighted by Gasteiger charge is -2.12. The lowest BCUT2D eigenvalue weighted by atomic mass is 10.0. The van der Waals surface area contributed by atoms with Crippen molar-refractivity contribution in [1.29, 1.82) is 5.26 Å². The standard InChI is InChI=1S/C9H7F3N2/c1-5-2-3-7(14)6(4-13)8(5)9(10,11)12/h2-3H,14H2,1H3. The minimum atomic E-state index is -4.54. The van der Waals surface area contributed by atoms with E-state index in [0.717, 1.165) is 0 Å². The molecule has 0 saturated carbocycles. The van der Waals surface area contributed by atoms with E-state index in [2.05, 4.69) is 0 Å². The Morgan fingerprint density at radius 1 is 1.36 bits per heavy atom. The second kappa shape index (κ2) is 3.22. The maximum atomic E-state index is 12.5. The minimum Gasteiger partial charge on any atom is -0.398 e. The van der Waals surface area contributed by atoms with Gasteiger partial charge in [-0.2, -0.15) is 18.4 Å². The van der Waals surface area contributed by atoms with Gasteiger partial charge in [0.15, 0.2) is 0 Å². The van der Waals surface area contributed by atoms with E-state index >= 15 is 0 Å². The fourth-order valence-electron chi connectivity index (χ4n) is 1.21. The monoisotopic (exact) mass is 200 g/mol. The highest BCUT2D eigenvalue weighted by atomic mass is 19.4. The molecule has 74 valence electrons. The first-order chi connectivity index (χ1) is 6.38. The van der Waals surface area contributed by atoms with E-state index in [1.165, 1.54) is 25.1 Å². The van der Waals surface area contributed by atoms with Gasteiger partial charge in [-0.3, -0.25) is 0 Å². The van der Waals surface area contributed by atoms with Crippen molar-refractivity contribution in [2.45, 2.75) is 13.1 Å². The van der Waals surface area contributed by atoms with Gasteiger partial charge in [-0.1, -0.05) is 6.07 Å². The first-order valence-corrected chi connectivity index (χ1v) is 3.74. The Morgan fingerprint density at radius 2 is 1.93 bits per heavy atom. The molecule has 0 amide bonds. The fraction of sp³-hybridized carbons (Fsp3) is 0.222. The van der Waals surface area contributed by atoms with Crippen molar-refractivity contribution in [2.24, 2.45) is 0 Å². The lowest BCUT2D eigenvalue weighted by Crippen LogP contribution is -2.11. The van der Waals surface area contributed by atoms with Crippen LogP contribution in [0.1, 0.15) is 16.7 Å². The molecule has 0 saturated heterocycles. The third-order valence-electron chi connectivity index (χ3n) is 1.84. The molecule has 1 rings (SSSR count). The van der Waals surface area contributed by atoms with Crippen molar-refractivity contribution in [3.8, 4) is 6.07 Å². The van der Waals surface area contributed by atoms with E-state index < -0.39 is 17.3 Å². The average Bonchev–Trinajstić information content (AvgIpc) is 2.06. The van der Waals surface area contributed by atoms with Crippen molar-refractivity contribution < 1.29 is 13.2 Å². The number of anilines is 1. The van der Waals surface area contributed by atoms with Gasteiger partial charge >= 0.3 is 6.18 Å². The minimum absolute atomic E-state index is 0.00301. The van der Waals surface area contributed by atoms with Crippen LogP contribution in [0.15, 0.2) is 12.1 Å². The summed E-state index contributed by atoms with van der Waals surface area (Å²) in [4.78, 5) is 0. The second-order valence-electron chi connectivity index (χ2n) is 2.83. The molecule has 14 heavy (non-hydrogen) atoms. The number of alkyl halides is 3. The summed E-state index contributed by atoms with van der Waals surface area (Å²) in [5, 5.41) is 8.56. The molecular formula is C9H7F3N2. The zero-order valence-electron chi connectivity index (χ0n) is 7.31. The normalized spacial score (nSPS) is 11.1. The smallest absolute Gasteiger partial charge is 0.398 e. The molecule has 1 aromatic carbocycles. The molecule has 0 bridgehead atoms. The van der Waals surface area contributed by atoms with Crippen LogP contribution in [0.4, 0.5) is 18.9 Å². The molecule has 0 aliphatic rings. The molecule has 0 atom stereocenters. The molecule has 5 heteroatoms. The molecule has 0 aliphatic carbocycles. The van der Waals surface area contributed by atoms with Gasteiger partial charge in [-0.05, 0) is 18.6 Å². The average molecular weight is 200 g/mol. The molecule has 2 nitrogen and oxygen atoms in total. The van der Waals surface area contributed by atoms with Gasteiger partial charge in [0, 0.05) is 0 Å². The van der Waals surface area contributed by atoms with Crippen LogP contribution in [0.25, 0.3) is 0 Å². The number of nitrogens with zero attached hydrogens (tertiary/aromatic N) is 1. The van der Waals surface area contributed by atoms with Crippen molar-refractivity contribution in [3.05, 3.63) is 28.8 Å². The lowest BCUT2D eigenvalue weighted by molar-refractivity contribution is -0.138. The van der Waals surface area contributed by atoms with Crippen LogP contribution in [0.3, 0.4) is 0 Å². The van der Waals surface area contributed by atoms with Gasteiger partial charge in [-0.25, -0.2) is 0 Å². The van der Waals surface area contributed by atoms with Crippen LogP contribution in [-0.2, 0) is 6.18 Å². The van der Waals surface area contributed by atoms with Crippen LogP contribution >= 0.6 is 0 Å². The highest BCUT2D eigenvalue weighted by molar-refractivity contribution is 5.60. The number of nitrogens with two attached hydrogens (primary N) is 1. The molecule has 2 N–H and O–H groups in total. The van der Waals surface area contributed by atoms with Gasteiger partial charge in [0.2, 0.25) is 0 Å². The third kappa shape index (κ3) is 1.64. The van der Waals surface area contributed by atoms with Crippen LogP contribution in [0.5, 0.6) is 0 Å². The summed E-state index contributed by atoms with van der Waals surface area (Å²) >= 11 is 0. The van der Waals surface area contributed by atoms with E-state index in [1.807, 2.05) is 0 Å². The molecule has 0 fully saturated rings. The summed E-state index contributed by atoms with van der Waals surface area (Å²) in [6, 6.07) is 4.01. The van der Waals surface area contributed by atoms with Crippen LogP contribution in [0, 0.1) is 18.3 Å². The predicted octanol–water partition coefficient (Wildman–Crippen LogP) is 2.47. The molecule has 0 unspecified atom stereocenters. The first kappa shape index (κ1) is 10.4. The number of rotatable bonds is 0. The summed E-state index contributed by atoms with van der Waals surface area (Å²) in [5.41, 5.74) is 3.68. The number of halogens is 3. The number of aryl methyl sites for hydroxylation is 1. The van der Waals surface area contributed by atoms with E-state index in [-0.39, 0.29) is 11.3 Å². The summed E-state index contributed by atoms with van der Waals surface area (Å²) in [6.45, 7) is 1.29. The Balaban J connectivity index is 3.56. The Kier molecular flexibility index (Phi) is 2.39. The Hall–Kier alpha value is -1.70. The Bertz CT molecular complexity index is 402. The molecule has 1 aromatic rings. The van der Waals surface area contributed by atoms with Gasteiger partial charge < -0.3 is 5.73 Å². The zero-order chi connectivity index (χ0) is 10.9. The maximum absolute atomic E-state index is 12.5. The number of nitrogen functional groups attached to an aromatic ring is 1. The number of hydrogen-bond acceptors (Lipinski definition) is 2. The van der Waals surface area contributed by atoms with E-state index in [9.17, 15) is 13.2 Å². The Morgan fingerprint density at radius 3 is 2.29 bits per heavy atom. The highest BCUT2D eigenvalue weighted by Gasteiger charge is 2.36. The number of hydrogen-bond donors (Lipinski definition) is 1. The second-order valence-corrected chi connectivity index (χ2v) is 2.83.